The third kappa shape index (κ3) is 6.02. The molecule has 2 atom stereocenters. The topological polar surface area (TPSA) is 126 Å². The number of hydrogen-bond donors (Lipinski definition) is 5. The smallest absolute Gasteiger partial charge is 0.0987 e. The zero-order chi connectivity index (χ0) is 22.2. The van der Waals surface area contributed by atoms with Gasteiger partial charge in [0.2, 0.25) is 0 Å². The highest BCUT2D eigenvalue weighted by molar-refractivity contribution is 5.86. The highest BCUT2D eigenvalue weighted by atomic mass is 16.5. The maximum atomic E-state index is 7.65. The van der Waals surface area contributed by atoms with E-state index in [2.05, 4.69) is 28.4 Å². The van der Waals surface area contributed by atoms with Crippen LogP contribution in [0.3, 0.4) is 0 Å². The largest absolute Gasteiger partial charge is 0.405 e. The lowest BCUT2D eigenvalue weighted by Gasteiger charge is -2.39. The highest BCUT2D eigenvalue weighted by Crippen LogP contribution is 2.35. The second kappa shape index (κ2) is 11.2. The lowest BCUT2D eigenvalue weighted by molar-refractivity contribution is -0.0121. The Hall–Kier alpha value is -2.51. The van der Waals surface area contributed by atoms with Crippen molar-refractivity contribution in [2.24, 2.45) is 23.1 Å². The number of ether oxygens (including phenoxy) is 1. The summed E-state index contributed by atoms with van der Waals surface area (Å²) in [5.41, 5.74) is 21.2. The fourth-order valence-corrected chi connectivity index (χ4v) is 4.73. The van der Waals surface area contributed by atoms with Crippen molar-refractivity contribution < 1.29 is 4.74 Å². The SMILES string of the molecule is CNc1ccc(C2CCC(OCC3CN(/C(N)=C/C=C\N)CCC3N)CC2)cc1C=N. The van der Waals surface area contributed by atoms with Gasteiger partial charge in [0, 0.05) is 49.6 Å². The molecule has 2 unspecified atom stereocenters. The quantitative estimate of drug-likeness (QED) is 0.321. The normalized spacial score (nSPS) is 27.4. The number of hydrogen-bond acceptors (Lipinski definition) is 7. The number of allylic oxidation sites excluding steroid dienone is 2. The van der Waals surface area contributed by atoms with E-state index in [1.807, 2.05) is 13.1 Å². The zero-order valence-electron chi connectivity index (χ0n) is 18.6. The Morgan fingerprint density at radius 3 is 2.71 bits per heavy atom. The molecule has 1 saturated heterocycles. The third-order valence-electron chi connectivity index (χ3n) is 6.73. The number of likely N-dealkylation sites (tertiary alicyclic amines) is 1. The van der Waals surface area contributed by atoms with Gasteiger partial charge in [0.25, 0.3) is 0 Å². The maximum absolute atomic E-state index is 7.65. The predicted octanol–water partition coefficient (Wildman–Crippen LogP) is 2.69. The van der Waals surface area contributed by atoms with Crippen molar-refractivity contribution in [3.8, 4) is 0 Å². The van der Waals surface area contributed by atoms with Gasteiger partial charge in [-0.05, 0) is 74.1 Å². The average molecular weight is 427 g/mol. The van der Waals surface area contributed by atoms with Crippen LogP contribution in [-0.4, -0.2) is 50.0 Å². The lowest BCUT2D eigenvalue weighted by atomic mass is 9.82. The summed E-state index contributed by atoms with van der Waals surface area (Å²) in [7, 11) is 1.89. The molecule has 1 aromatic carbocycles. The van der Waals surface area contributed by atoms with Crippen molar-refractivity contribution in [3.63, 3.8) is 0 Å². The Morgan fingerprint density at radius 1 is 1.26 bits per heavy atom. The Morgan fingerprint density at radius 2 is 2.03 bits per heavy atom. The van der Waals surface area contributed by atoms with Gasteiger partial charge in [0.1, 0.15) is 0 Å². The molecule has 8 N–H and O–H groups in total. The summed E-state index contributed by atoms with van der Waals surface area (Å²) >= 11 is 0. The molecule has 0 spiro atoms. The van der Waals surface area contributed by atoms with Crippen molar-refractivity contribution in [2.45, 2.75) is 50.2 Å². The molecule has 0 amide bonds. The molecule has 7 nitrogen and oxygen atoms in total. The van der Waals surface area contributed by atoms with Gasteiger partial charge in [0.15, 0.2) is 0 Å². The first-order valence-corrected chi connectivity index (χ1v) is 11.3. The summed E-state index contributed by atoms with van der Waals surface area (Å²) in [4.78, 5) is 2.17. The van der Waals surface area contributed by atoms with Gasteiger partial charge in [-0.3, -0.25) is 0 Å². The van der Waals surface area contributed by atoms with Gasteiger partial charge in [0.05, 0.1) is 18.5 Å². The second-order valence-electron chi connectivity index (χ2n) is 8.68. The van der Waals surface area contributed by atoms with Crippen LogP contribution in [0.5, 0.6) is 0 Å². The summed E-state index contributed by atoms with van der Waals surface area (Å²) in [6, 6.07) is 6.57. The van der Waals surface area contributed by atoms with Crippen LogP contribution in [0, 0.1) is 11.3 Å². The van der Waals surface area contributed by atoms with Crippen LogP contribution in [0.1, 0.15) is 49.1 Å². The van der Waals surface area contributed by atoms with E-state index in [-0.39, 0.29) is 12.0 Å². The first-order chi connectivity index (χ1) is 15.0. The van der Waals surface area contributed by atoms with Crippen molar-refractivity contribution in [1.82, 2.24) is 4.90 Å². The van der Waals surface area contributed by atoms with E-state index in [0.29, 0.717) is 18.6 Å². The first kappa shape index (κ1) is 23.2. The predicted molar refractivity (Wildman–Crippen MR) is 128 cm³/mol. The molecule has 1 aromatic rings. The third-order valence-corrected chi connectivity index (χ3v) is 6.73. The monoisotopic (exact) mass is 426 g/mol. The van der Waals surface area contributed by atoms with E-state index in [4.69, 9.17) is 27.3 Å². The second-order valence-corrected chi connectivity index (χ2v) is 8.68. The summed E-state index contributed by atoms with van der Waals surface area (Å²) in [6.45, 7) is 2.37. The average Bonchev–Trinajstić information content (AvgIpc) is 2.81. The van der Waals surface area contributed by atoms with Crippen LogP contribution in [0.4, 0.5) is 5.69 Å². The van der Waals surface area contributed by atoms with E-state index >= 15 is 0 Å². The summed E-state index contributed by atoms with van der Waals surface area (Å²) in [6.07, 6.45) is 12.1. The number of piperidine rings is 1. The van der Waals surface area contributed by atoms with Gasteiger partial charge in [-0.25, -0.2) is 0 Å². The maximum Gasteiger partial charge on any atom is 0.0987 e. The van der Waals surface area contributed by atoms with Crippen LogP contribution in [0.15, 0.2) is 42.4 Å². The van der Waals surface area contributed by atoms with Gasteiger partial charge in [-0.15, -0.1) is 0 Å². The van der Waals surface area contributed by atoms with Gasteiger partial charge in [-0.2, -0.15) is 0 Å². The van der Waals surface area contributed by atoms with Gasteiger partial charge < -0.3 is 37.6 Å². The molecule has 0 aromatic heterocycles. The summed E-state index contributed by atoms with van der Waals surface area (Å²) in [5, 5.41) is 10.8. The van der Waals surface area contributed by atoms with E-state index in [9.17, 15) is 0 Å². The molecule has 1 saturated carbocycles. The van der Waals surface area contributed by atoms with Crippen molar-refractivity contribution >= 4 is 11.9 Å². The lowest BCUT2D eigenvalue weighted by Crippen LogP contribution is -2.49. The molecule has 1 aliphatic carbocycles. The zero-order valence-corrected chi connectivity index (χ0v) is 18.6. The Balaban J connectivity index is 1.49. The van der Waals surface area contributed by atoms with E-state index in [0.717, 1.165) is 62.3 Å². The molecule has 1 heterocycles. The standard InChI is InChI=1S/C24H38N6O/c1-29-23-9-6-18(13-19(23)14-26)17-4-7-21(8-5-17)31-16-20-15-30(12-10-22(20)27)24(28)3-2-11-25/h2-3,6,9,11,13-14,17,20-22,26,29H,4-5,7-8,10,12,15-16,25,27-28H2,1H3/b11-2-,24-3+,26-14?. The molecule has 2 aliphatic rings. The van der Waals surface area contributed by atoms with Crippen molar-refractivity contribution in [3.05, 3.63) is 53.5 Å². The highest BCUT2D eigenvalue weighted by Gasteiger charge is 2.29. The Kier molecular flexibility index (Phi) is 8.37. The van der Waals surface area contributed by atoms with E-state index in [1.165, 1.54) is 18.0 Å². The van der Waals surface area contributed by atoms with Crippen LogP contribution in [0.25, 0.3) is 0 Å². The van der Waals surface area contributed by atoms with Crippen molar-refractivity contribution in [1.29, 1.82) is 5.41 Å². The van der Waals surface area contributed by atoms with E-state index in [1.54, 1.807) is 6.08 Å². The molecule has 7 heteroatoms. The van der Waals surface area contributed by atoms with Crippen LogP contribution in [-0.2, 0) is 4.74 Å². The molecule has 0 bridgehead atoms. The molecule has 3 rings (SSSR count). The van der Waals surface area contributed by atoms with Gasteiger partial charge >= 0.3 is 0 Å². The molecule has 0 radical (unpaired) electrons. The molecule has 31 heavy (non-hydrogen) atoms. The van der Waals surface area contributed by atoms with E-state index < -0.39 is 0 Å². The minimum atomic E-state index is 0.149. The molecule has 2 fully saturated rings. The number of rotatable bonds is 8. The minimum absolute atomic E-state index is 0.149. The van der Waals surface area contributed by atoms with Crippen molar-refractivity contribution in [2.75, 3.05) is 32.1 Å². The van der Waals surface area contributed by atoms with Gasteiger partial charge in [-0.1, -0.05) is 6.07 Å². The fourth-order valence-electron chi connectivity index (χ4n) is 4.73. The number of nitrogens with one attached hydrogen (secondary N) is 2. The molecular formula is C24H38N6O. The minimum Gasteiger partial charge on any atom is -0.405 e. The van der Waals surface area contributed by atoms with Crippen LogP contribution < -0.4 is 22.5 Å². The number of nitrogens with zero attached hydrogens (tertiary/aromatic N) is 1. The summed E-state index contributed by atoms with van der Waals surface area (Å²) in [5.74, 6) is 1.55. The number of anilines is 1. The van der Waals surface area contributed by atoms with Crippen LogP contribution >= 0.6 is 0 Å². The molecular weight excluding hydrogens is 388 g/mol. The Bertz CT molecular complexity index is 784. The number of benzene rings is 1. The molecule has 1 aliphatic heterocycles. The number of nitrogens with two attached hydrogens (primary N) is 3. The summed E-state index contributed by atoms with van der Waals surface area (Å²) < 4.78 is 6.32. The molecule has 170 valence electrons. The fraction of sp³-hybridized carbons (Fsp3) is 0.542. The Labute approximate surface area is 186 Å². The van der Waals surface area contributed by atoms with Crippen LogP contribution in [0.2, 0.25) is 0 Å². The first-order valence-electron chi connectivity index (χ1n) is 11.3.